The Kier molecular flexibility index (Phi) is 3.73. The predicted octanol–water partition coefficient (Wildman–Crippen LogP) is 2.60. The lowest BCUT2D eigenvalue weighted by atomic mass is 9.99. The van der Waals surface area contributed by atoms with E-state index in [9.17, 15) is 4.79 Å². The van der Waals surface area contributed by atoms with E-state index >= 15 is 0 Å². The van der Waals surface area contributed by atoms with Crippen LogP contribution in [0.5, 0.6) is 0 Å². The molecule has 2 atom stereocenters. The SMILES string of the molecule is C=C(CN1C(=O)CCC1C)[C@H](C)CC. The molecule has 1 fully saturated rings. The summed E-state index contributed by atoms with van der Waals surface area (Å²) in [5, 5.41) is 0. The summed E-state index contributed by atoms with van der Waals surface area (Å²) in [7, 11) is 0. The van der Waals surface area contributed by atoms with Crippen LogP contribution in [-0.2, 0) is 4.79 Å². The highest BCUT2D eigenvalue weighted by Crippen LogP contribution is 2.22. The van der Waals surface area contributed by atoms with Gasteiger partial charge in [-0.05, 0) is 25.7 Å². The van der Waals surface area contributed by atoms with Crippen LogP contribution in [0.4, 0.5) is 0 Å². The highest BCUT2D eigenvalue weighted by atomic mass is 16.2. The van der Waals surface area contributed by atoms with Gasteiger partial charge in [0.2, 0.25) is 5.91 Å². The van der Waals surface area contributed by atoms with Crippen LogP contribution >= 0.6 is 0 Å². The van der Waals surface area contributed by atoms with Gasteiger partial charge in [0.25, 0.3) is 0 Å². The lowest BCUT2D eigenvalue weighted by Gasteiger charge is -2.24. The monoisotopic (exact) mass is 195 g/mol. The Morgan fingerprint density at radius 3 is 2.79 bits per heavy atom. The third-order valence-electron chi connectivity index (χ3n) is 3.31. The molecule has 0 aromatic rings. The number of hydrogen-bond acceptors (Lipinski definition) is 1. The Morgan fingerprint density at radius 1 is 1.71 bits per heavy atom. The standard InChI is InChI=1S/C12H21NO/c1-5-9(2)10(3)8-13-11(4)6-7-12(13)14/h9,11H,3,5-8H2,1-2,4H3/t9-,11?/m1/s1. The molecule has 1 rings (SSSR count). The van der Waals surface area contributed by atoms with Gasteiger partial charge < -0.3 is 4.90 Å². The number of nitrogens with zero attached hydrogens (tertiary/aromatic N) is 1. The fourth-order valence-electron chi connectivity index (χ4n) is 1.78. The number of hydrogen-bond donors (Lipinski definition) is 0. The minimum atomic E-state index is 0.293. The molecule has 0 spiro atoms. The maximum absolute atomic E-state index is 11.5. The number of carbonyl (C=O) groups excluding carboxylic acids is 1. The van der Waals surface area contributed by atoms with E-state index in [1.54, 1.807) is 0 Å². The Hall–Kier alpha value is -0.790. The second kappa shape index (κ2) is 4.63. The molecule has 1 unspecified atom stereocenters. The molecular weight excluding hydrogens is 174 g/mol. The zero-order valence-corrected chi connectivity index (χ0v) is 9.55. The summed E-state index contributed by atoms with van der Waals surface area (Å²) >= 11 is 0. The maximum atomic E-state index is 11.5. The fourth-order valence-corrected chi connectivity index (χ4v) is 1.78. The molecule has 1 saturated heterocycles. The van der Waals surface area contributed by atoms with Crippen LogP contribution in [0.15, 0.2) is 12.2 Å². The van der Waals surface area contributed by atoms with Gasteiger partial charge in [0.1, 0.15) is 0 Å². The van der Waals surface area contributed by atoms with Crippen LogP contribution in [-0.4, -0.2) is 23.4 Å². The lowest BCUT2D eigenvalue weighted by Crippen LogP contribution is -2.33. The molecule has 0 aliphatic carbocycles. The van der Waals surface area contributed by atoms with Crippen LogP contribution in [0, 0.1) is 5.92 Å². The minimum absolute atomic E-state index is 0.293. The molecule has 1 aliphatic rings. The van der Waals surface area contributed by atoms with Crippen LogP contribution in [0.25, 0.3) is 0 Å². The van der Waals surface area contributed by atoms with Crippen molar-refractivity contribution in [3.8, 4) is 0 Å². The van der Waals surface area contributed by atoms with Crippen molar-refractivity contribution in [3.63, 3.8) is 0 Å². The van der Waals surface area contributed by atoms with Gasteiger partial charge in [-0.25, -0.2) is 0 Å². The molecule has 1 amide bonds. The minimum Gasteiger partial charge on any atom is -0.336 e. The van der Waals surface area contributed by atoms with E-state index in [1.807, 2.05) is 4.90 Å². The summed E-state index contributed by atoms with van der Waals surface area (Å²) in [6.45, 7) is 11.3. The van der Waals surface area contributed by atoms with Crippen molar-refractivity contribution >= 4 is 5.91 Å². The summed E-state index contributed by atoms with van der Waals surface area (Å²) in [4.78, 5) is 13.5. The Labute approximate surface area is 87.0 Å². The molecule has 1 heterocycles. The van der Waals surface area contributed by atoms with Crippen molar-refractivity contribution in [2.24, 2.45) is 5.92 Å². The fraction of sp³-hybridized carbons (Fsp3) is 0.750. The smallest absolute Gasteiger partial charge is 0.223 e. The molecule has 2 nitrogen and oxygen atoms in total. The maximum Gasteiger partial charge on any atom is 0.223 e. The molecule has 0 N–H and O–H groups in total. The topological polar surface area (TPSA) is 20.3 Å². The summed E-state index contributed by atoms with van der Waals surface area (Å²) < 4.78 is 0. The van der Waals surface area contributed by atoms with E-state index in [0.717, 1.165) is 25.8 Å². The van der Waals surface area contributed by atoms with Gasteiger partial charge in [0, 0.05) is 19.0 Å². The Bertz CT molecular complexity index is 234. The lowest BCUT2D eigenvalue weighted by molar-refractivity contribution is -0.128. The third kappa shape index (κ3) is 2.37. The van der Waals surface area contributed by atoms with Gasteiger partial charge >= 0.3 is 0 Å². The molecular formula is C12H21NO. The highest BCUT2D eigenvalue weighted by Gasteiger charge is 2.27. The van der Waals surface area contributed by atoms with E-state index in [2.05, 4.69) is 27.4 Å². The summed E-state index contributed by atoms with van der Waals surface area (Å²) in [6, 6.07) is 0.406. The van der Waals surface area contributed by atoms with Gasteiger partial charge in [-0.15, -0.1) is 0 Å². The zero-order valence-electron chi connectivity index (χ0n) is 9.55. The van der Waals surface area contributed by atoms with Crippen LogP contribution in [0.1, 0.15) is 40.0 Å². The van der Waals surface area contributed by atoms with Gasteiger partial charge in [0.05, 0.1) is 0 Å². The molecule has 0 bridgehead atoms. The summed E-state index contributed by atoms with van der Waals surface area (Å²) in [5.74, 6) is 0.817. The Morgan fingerprint density at radius 2 is 2.36 bits per heavy atom. The number of likely N-dealkylation sites (tertiary alicyclic amines) is 1. The van der Waals surface area contributed by atoms with E-state index in [0.29, 0.717) is 17.9 Å². The second-order valence-corrected chi connectivity index (χ2v) is 4.38. The van der Waals surface area contributed by atoms with E-state index < -0.39 is 0 Å². The summed E-state index contributed by atoms with van der Waals surface area (Å²) in [5.41, 5.74) is 1.19. The van der Waals surface area contributed by atoms with Crippen molar-refractivity contribution in [2.45, 2.75) is 46.1 Å². The Balaban J connectivity index is 2.51. The molecule has 0 saturated carbocycles. The van der Waals surface area contributed by atoms with Crippen molar-refractivity contribution in [1.82, 2.24) is 4.90 Å². The summed E-state index contributed by atoms with van der Waals surface area (Å²) in [6.07, 6.45) is 2.83. The zero-order chi connectivity index (χ0) is 10.7. The quantitative estimate of drug-likeness (QED) is 0.631. The average molecular weight is 195 g/mol. The molecule has 1 aliphatic heterocycles. The first-order valence-electron chi connectivity index (χ1n) is 5.53. The van der Waals surface area contributed by atoms with Crippen LogP contribution < -0.4 is 0 Å². The largest absolute Gasteiger partial charge is 0.336 e. The number of rotatable bonds is 4. The molecule has 2 heteroatoms. The predicted molar refractivity (Wildman–Crippen MR) is 59.0 cm³/mol. The van der Waals surface area contributed by atoms with E-state index in [-0.39, 0.29) is 0 Å². The molecule has 80 valence electrons. The van der Waals surface area contributed by atoms with Gasteiger partial charge in [0.15, 0.2) is 0 Å². The molecule has 14 heavy (non-hydrogen) atoms. The molecule has 0 radical (unpaired) electrons. The van der Waals surface area contributed by atoms with Gasteiger partial charge in [-0.1, -0.05) is 26.0 Å². The van der Waals surface area contributed by atoms with Crippen LogP contribution in [0.3, 0.4) is 0 Å². The van der Waals surface area contributed by atoms with Gasteiger partial charge in [-0.3, -0.25) is 4.79 Å². The third-order valence-corrected chi connectivity index (χ3v) is 3.31. The highest BCUT2D eigenvalue weighted by molar-refractivity contribution is 5.78. The van der Waals surface area contributed by atoms with E-state index in [4.69, 9.17) is 0 Å². The van der Waals surface area contributed by atoms with Crippen molar-refractivity contribution in [2.75, 3.05) is 6.54 Å². The van der Waals surface area contributed by atoms with Crippen molar-refractivity contribution < 1.29 is 4.79 Å². The van der Waals surface area contributed by atoms with E-state index in [1.165, 1.54) is 5.57 Å². The van der Waals surface area contributed by atoms with Gasteiger partial charge in [-0.2, -0.15) is 0 Å². The normalized spacial score (nSPS) is 24.1. The van der Waals surface area contributed by atoms with Crippen molar-refractivity contribution in [3.05, 3.63) is 12.2 Å². The molecule has 0 aromatic heterocycles. The average Bonchev–Trinajstić information content (AvgIpc) is 2.48. The van der Waals surface area contributed by atoms with Crippen molar-refractivity contribution in [1.29, 1.82) is 0 Å². The second-order valence-electron chi connectivity index (χ2n) is 4.38. The number of carbonyl (C=O) groups is 1. The number of amides is 1. The molecule has 0 aromatic carbocycles. The first-order chi connectivity index (χ1) is 6.56. The first kappa shape index (κ1) is 11.3. The van der Waals surface area contributed by atoms with Crippen LogP contribution in [0.2, 0.25) is 0 Å². The first-order valence-corrected chi connectivity index (χ1v) is 5.53.